The van der Waals surface area contributed by atoms with E-state index in [4.69, 9.17) is 5.73 Å². The number of nitrogens with zero attached hydrogens (tertiary/aromatic N) is 1. The van der Waals surface area contributed by atoms with Gasteiger partial charge in [0.2, 0.25) is 0 Å². The molecule has 0 bridgehead atoms. The van der Waals surface area contributed by atoms with Crippen LogP contribution in [0.5, 0.6) is 0 Å². The molecule has 32 heavy (non-hydrogen) atoms. The number of carbonyl (C=O) groups excluding carboxylic acids is 2. The molecule has 0 radical (unpaired) electrons. The third-order valence-corrected chi connectivity index (χ3v) is 6.25. The molecule has 1 amide bonds. The molecule has 0 spiro atoms. The smallest absolute Gasteiger partial charge is 0.328 e. The molecule has 1 unspecified atom stereocenters. The molecule has 6 heteroatoms. The summed E-state index contributed by atoms with van der Waals surface area (Å²) >= 11 is 0. The van der Waals surface area contributed by atoms with Gasteiger partial charge in [-0.25, -0.2) is 4.79 Å². The first-order chi connectivity index (χ1) is 15.3. The van der Waals surface area contributed by atoms with Crippen molar-refractivity contribution in [3.63, 3.8) is 0 Å². The first-order valence-corrected chi connectivity index (χ1v) is 11.7. The van der Waals surface area contributed by atoms with E-state index in [2.05, 4.69) is 28.5 Å². The number of amides is 1. The van der Waals surface area contributed by atoms with Gasteiger partial charge in [-0.05, 0) is 50.3 Å². The number of fused-ring (bicyclic) bond motifs is 1. The molecule has 2 aromatic rings. The van der Waals surface area contributed by atoms with Crippen LogP contribution in [0.15, 0.2) is 24.3 Å². The maximum absolute atomic E-state index is 12.6. The lowest BCUT2D eigenvalue weighted by molar-refractivity contribution is -0.142. The lowest BCUT2D eigenvalue weighted by Gasteiger charge is -2.13. The molecule has 1 aromatic heterocycles. The molecule has 1 saturated carbocycles. The zero-order chi connectivity index (χ0) is 23.8. The number of aryl methyl sites for hydroxylation is 1. The summed E-state index contributed by atoms with van der Waals surface area (Å²) in [6.07, 6.45) is 9.38. The summed E-state index contributed by atoms with van der Waals surface area (Å²) in [5.41, 5.74) is 10.9. The summed E-state index contributed by atoms with van der Waals surface area (Å²) in [5, 5.41) is 3.83. The number of ether oxygens (including phenoxy) is 1. The minimum absolute atomic E-state index is 0.302. The largest absolute Gasteiger partial charge is 0.467 e. The number of methoxy groups -OCH3 is 1. The van der Waals surface area contributed by atoms with Gasteiger partial charge in [0.25, 0.3) is 5.91 Å². The molecular weight excluding hydrogens is 402 g/mol. The number of benzene rings is 1. The second-order valence-electron chi connectivity index (χ2n) is 8.50. The highest BCUT2D eigenvalue weighted by atomic mass is 16.5. The van der Waals surface area contributed by atoms with E-state index >= 15 is 0 Å². The third-order valence-electron chi connectivity index (χ3n) is 6.25. The van der Waals surface area contributed by atoms with Crippen LogP contribution >= 0.6 is 0 Å². The monoisotopic (exact) mass is 441 g/mol. The molecule has 3 rings (SSSR count). The van der Waals surface area contributed by atoms with Crippen LogP contribution in [0.2, 0.25) is 0 Å². The zero-order valence-corrected chi connectivity index (χ0v) is 20.5. The van der Waals surface area contributed by atoms with Gasteiger partial charge in [-0.1, -0.05) is 51.7 Å². The summed E-state index contributed by atoms with van der Waals surface area (Å²) < 4.78 is 6.76. The summed E-state index contributed by atoms with van der Waals surface area (Å²) in [6, 6.07) is 4.99. The molecule has 1 aliphatic rings. The molecule has 1 atom stereocenters. The SMILES string of the molecule is C/C=C(\N)c1c(C2CCCC2)c2ccc(C(=O)NC(C)C(=O)OC)cc2n1C.CCCC. The number of hydrogen-bond donors (Lipinski definition) is 2. The predicted octanol–water partition coefficient (Wildman–Crippen LogP) is 5.25. The van der Waals surface area contributed by atoms with E-state index in [1.165, 1.54) is 51.2 Å². The van der Waals surface area contributed by atoms with Crippen molar-refractivity contribution in [3.05, 3.63) is 41.1 Å². The van der Waals surface area contributed by atoms with Crippen molar-refractivity contribution in [1.29, 1.82) is 0 Å². The zero-order valence-electron chi connectivity index (χ0n) is 20.5. The van der Waals surface area contributed by atoms with Crippen molar-refractivity contribution >= 4 is 28.5 Å². The fourth-order valence-corrected chi connectivity index (χ4v) is 4.24. The fraction of sp³-hybridized carbons (Fsp3) is 0.538. The highest BCUT2D eigenvalue weighted by Crippen LogP contribution is 2.42. The van der Waals surface area contributed by atoms with Gasteiger partial charge in [-0.15, -0.1) is 0 Å². The summed E-state index contributed by atoms with van der Waals surface area (Å²) in [6.45, 7) is 7.91. The van der Waals surface area contributed by atoms with Gasteiger partial charge in [0.05, 0.1) is 18.5 Å². The number of aromatic nitrogens is 1. The van der Waals surface area contributed by atoms with Gasteiger partial charge in [0, 0.05) is 23.5 Å². The first-order valence-electron chi connectivity index (χ1n) is 11.7. The van der Waals surface area contributed by atoms with Crippen LogP contribution in [0, 0.1) is 0 Å². The first kappa shape index (κ1) is 25.5. The fourth-order valence-electron chi connectivity index (χ4n) is 4.24. The number of esters is 1. The van der Waals surface area contributed by atoms with E-state index in [-0.39, 0.29) is 5.91 Å². The summed E-state index contributed by atoms with van der Waals surface area (Å²) in [7, 11) is 3.30. The Labute approximate surface area is 192 Å². The van der Waals surface area contributed by atoms with Crippen LogP contribution in [0.1, 0.15) is 93.8 Å². The van der Waals surface area contributed by atoms with Crippen LogP contribution < -0.4 is 11.1 Å². The molecule has 176 valence electrons. The number of nitrogens with two attached hydrogens (primary N) is 1. The van der Waals surface area contributed by atoms with Crippen LogP contribution in [-0.4, -0.2) is 29.6 Å². The van der Waals surface area contributed by atoms with E-state index < -0.39 is 12.0 Å². The molecule has 1 aromatic carbocycles. The van der Waals surface area contributed by atoms with Crippen LogP contribution in [-0.2, 0) is 16.6 Å². The molecule has 0 saturated heterocycles. The maximum atomic E-state index is 12.6. The summed E-state index contributed by atoms with van der Waals surface area (Å²) in [5.74, 6) is -0.278. The quantitative estimate of drug-likeness (QED) is 0.599. The molecule has 0 aliphatic heterocycles. The van der Waals surface area contributed by atoms with Gasteiger partial charge >= 0.3 is 5.97 Å². The number of carbonyl (C=O) groups is 2. The Balaban J connectivity index is 0.000000837. The van der Waals surface area contributed by atoms with Crippen molar-refractivity contribution in [2.24, 2.45) is 12.8 Å². The van der Waals surface area contributed by atoms with Crippen molar-refractivity contribution in [2.45, 2.75) is 78.2 Å². The average molecular weight is 442 g/mol. The van der Waals surface area contributed by atoms with E-state index in [9.17, 15) is 9.59 Å². The van der Waals surface area contributed by atoms with Crippen molar-refractivity contribution < 1.29 is 14.3 Å². The van der Waals surface area contributed by atoms with E-state index in [1.54, 1.807) is 6.92 Å². The summed E-state index contributed by atoms with van der Waals surface area (Å²) in [4.78, 5) is 24.2. The number of hydrogen-bond acceptors (Lipinski definition) is 4. The van der Waals surface area contributed by atoms with Gasteiger partial charge < -0.3 is 20.4 Å². The highest BCUT2D eigenvalue weighted by Gasteiger charge is 2.27. The molecule has 1 aliphatic carbocycles. The molecule has 6 nitrogen and oxygen atoms in total. The minimum Gasteiger partial charge on any atom is -0.467 e. The Morgan fingerprint density at radius 2 is 1.88 bits per heavy atom. The number of rotatable bonds is 6. The highest BCUT2D eigenvalue weighted by molar-refractivity contribution is 6.01. The Morgan fingerprint density at radius 1 is 1.25 bits per heavy atom. The van der Waals surface area contributed by atoms with Gasteiger partial charge in [0.1, 0.15) is 6.04 Å². The Hall–Kier alpha value is -2.76. The second kappa shape index (κ2) is 11.7. The lowest BCUT2D eigenvalue weighted by Crippen LogP contribution is -2.39. The Morgan fingerprint density at radius 3 is 2.41 bits per heavy atom. The van der Waals surface area contributed by atoms with Crippen LogP contribution in [0.4, 0.5) is 0 Å². The molecular formula is C26H39N3O3. The van der Waals surface area contributed by atoms with Crippen molar-refractivity contribution in [3.8, 4) is 0 Å². The van der Waals surface area contributed by atoms with E-state index in [0.717, 1.165) is 22.3 Å². The molecule has 1 fully saturated rings. The number of unbranched alkanes of at least 4 members (excludes halogenated alkanes) is 1. The molecule has 3 N–H and O–H groups in total. The Kier molecular flexibility index (Phi) is 9.36. The number of nitrogens with one attached hydrogen (secondary N) is 1. The Bertz CT molecular complexity index is 966. The van der Waals surface area contributed by atoms with E-state index in [1.807, 2.05) is 38.2 Å². The average Bonchev–Trinajstić information content (AvgIpc) is 3.44. The number of allylic oxidation sites excluding steroid dienone is 1. The predicted molar refractivity (Wildman–Crippen MR) is 131 cm³/mol. The lowest BCUT2D eigenvalue weighted by atomic mass is 9.93. The standard InChI is InChI=1S/C22H29N3O3.C4H10/c1-5-17(23)20-19(14-8-6-7-9-14)16-11-10-15(12-18(16)25(20)3)21(26)24-13(2)22(27)28-4;1-3-4-2/h5,10-14H,6-9,23H2,1-4H3,(H,24,26);3-4H2,1-2H3/b17-5-;. The third kappa shape index (κ3) is 5.53. The van der Waals surface area contributed by atoms with Gasteiger partial charge in [-0.3, -0.25) is 4.79 Å². The van der Waals surface area contributed by atoms with Crippen LogP contribution in [0.3, 0.4) is 0 Å². The van der Waals surface area contributed by atoms with Gasteiger partial charge in [-0.2, -0.15) is 0 Å². The normalized spacial score (nSPS) is 15.2. The maximum Gasteiger partial charge on any atom is 0.328 e. The van der Waals surface area contributed by atoms with E-state index in [0.29, 0.717) is 11.5 Å². The second-order valence-corrected chi connectivity index (χ2v) is 8.50. The topological polar surface area (TPSA) is 86.3 Å². The van der Waals surface area contributed by atoms with Crippen molar-refractivity contribution in [2.75, 3.05) is 7.11 Å². The minimum atomic E-state index is -0.704. The van der Waals surface area contributed by atoms with Crippen LogP contribution in [0.25, 0.3) is 16.6 Å². The van der Waals surface area contributed by atoms with Crippen molar-refractivity contribution in [1.82, 2.24) is 9.88 Å². The van der Waals surface area contributed by atoms with Gasteiger partial charge in [0.15, 0.2) is 0 Å². The molecule has 1 heterocycles.